The first-order chi connectivity index (χ1) is 14.8. The fraction of sp³-hybridized carbons (Fsp3) is 0.640. The number of amides is 1. The summed E-state index contributed by atoms with van der Waals surface area (Å²) in [6, 6.07) is 6.60. The van der Waals surface area contributed by atoms with Gasteiger partial charge in [-0.1, -0.05) is 44.4 Å². The summed E-state index contributed by atoms with van der Waals surface area (Å²) in [6.07, 6.45) is 10.2. The summed E-state index contributed by atoms with van der Waals surface area (Å²) in [5.41, 5.74) is 3.95. The Balaban J connectivity index is 1.45. The van der Waals surface area contributed by atoms with Crippen LogP contribution in [0.3, 0.4) is 0 Å². The highest BCUT2D eigenvalue weighted by molar-refractivity contribution is 5.87. The number of morpholine rings is 1. The Kier molecular flexibility index (Phi) is 7.45. The van der Waals surface area contributed by atoms with E-state index in [0.717, 1.165) is 45.8 Å². The zero-order valence-electron chi connectivity index (χ0n) is 18.4. The molecule has 1 aromatic carbocycles. The van der Waals surface area contributed by atoms with Crippen molar-refractivity contribution in [3.05, 3.63) is 35.5 Å². The van der Waals surface area contributed by atoms with Crippen LogP contribution in [0.2, 0.25) is 0 Å². The largest absolute Gasteiger partial charge is 0.379 e. The molecule has 4 rings (SSSR count). The minimum absolute atomic E-state index is 0.194. The van der Waals surface area contributed by atoms with Crippen LogP contribution in [0.5, 0.6) is 0 Å². The van der Waals surface area contributed by atoms with E-state index in [0.29, 0.717) is 18.3 Å². The van der Waals surface area contributed by atoms with Crippen molar-refractivity contribution in [1.29, 1.82) is 0 Å². The Morgan fingerprint density at radius 2 is 2.03 bits per heavy atom. The Morgan fingerprint density at radius 3 is 2.80 bits per heavy atom. The molecule has 1 amide bonds. The number of hydrogen-bond acceptors (Lipinski definition) is 3. The predicted octanol–water partition coefficient (Wildman–Crippen LogP) is 4.23. The number of nitrogens with one attached hydrogen (secondary N) is 2. The molecule has 0 spiro atoms. The number of carbonyl (C=O) groups excluding carboxylic acids is 1. The second kappa shape index (κ2) is 10.5. The van der Waals surface area contributed by atoms with E-state index in [2.05, 4.69) is 46.5 Å². The summed E-state index contributed by atoms with van der Waals surface area (Å²) in [5, 5.41) is 4.51. The van der Waals surface area contributed by atoms with Gasteiger partial charge >= 0.3 is 0 Å². The van der Waals surface area contributed by atoms with Gasteiger partial charge in [-0.2, -0.15) is 0 Å². The Labute approximate surface area is 180 Å². The predicted molar refractivity (Wildman–Crippen MR) is 122 cm³/mol. The maximum absolute atomic E-state index is 12.9. The summed E-state index contributed by atoms with van der Waals surface area (Å²) in [4.78, 5) is 18.8. The van der Waals surface area contributed by atoms with Gasteiger partial charge in [-0.15, -0.1) is 0 Å². The van der Waals surface area contributed by atoms with E-state index >= 15 is 0 Å². The molecule has 0 radical (unpaired) electrons. The molecule has 30 heavy (non-hydrogen) atoms. The van der Waals surface area contributed by atoms with Gasteiger partial charge in [-0.3, -0.25) is 9.69 Å². The molecule has 1 aromatic heterocycles. The van der Waals surface area contributed by atoms with Gasteiger partial charge in [0.05, 0.1) is 13.2 Å². The second-order valence-electron chi connectivity index (χ2n) is 8.95. The van der Waals surface area contributed by atoms with E-state index in [1.807, 2.05) is 0 Å². The van der Waals surface area contributed by atoms with Crippen LogP contribution in [-0.2, 0) is 16.0 Å². The first-order valence-electron chi connectivity index (χ1n) is 11.9. The maximum Gasteiger partial charge on any atom is 0.220 e. The molecule has 0 bridgehead atoms. The average molecular weight is 412 g/mol. The van der Waals surface area contributed by atoms with Gasteiger partial charge in [0, 0.05) is 49.7 Å². The van der Waals surface area contributed by atoms with Crippen LogP contribution < -0.4 is 5.32 Å². The molecular formula is C25H37N3O2. The number of aromatic nitrogens is 1. The van der Waals surface area contributed by atoms with Gasteiger partial charge in [0.2, 0.25) is 5.91 Å². The third kappa shape index (κ3) is 5.06. The third-order valence-corrected chi connectivity index (χ3v) is 7.09. The molecule has 1 saturated heterocycles. The minimum Gasteiger partial charge on any atom is -0.379 e. The number of rotatable bonds is 8. The number of H-pyrrole nitrogens is 1. The van der Waals surface area contributed by atoms with Crippen LogP contribution in [-0.4, -0.2) is 55.2 Å². The molecule has 1 atom stereocenters. The standard InChI is InChI=1S/C25H37N3O2/c1-2-19-9-6-10-21-23(18-27-25(19)21)22(20-7-4-3-5-8-20)17-24(29)26-11-12-28-13-15-30-16-14-28/h6,9-10,18,20,22,27H,2-5,7-8,11-17H2,1H3,(H,26,29). The van der Waals surface area contributed by atoms with Crippen molar-refractivity contribution in [1.82, 2.24) is 15.2 Å². The average Bonchev–Trinajstić information content (AvgIpc) is 3.23. The van der Waals surface area contributed by atoms with Crippen molar-refractivity contribution < 1.29 is 9.53 Å². The lowest BCUT2D eigenvalue weighted by atomic mass is 9.75. The number of aryl methyl sites for hydroxylation is 1. The molecule has 1 unspecified atom stereocenters. The zero-order chi connectivity index (χ0) is 20.8. The molecule has 5 heteroatoms. The summed E-state index contributed by atoms with van der Waals surface area (Å²) in [6.45, 7) is 7.39. The lowest BCUT2D eigenvalue weighted by Gasteiger charge is -2.30. The van der Waals surface area contributed by atoms with E-state index in [4.69, 9.17) is 4.74 Å². The molecule has 2 N–H and O–H groups in total. The van der Waals surface area contributed by atoms with Crippen molar-refractivity contribution in [3.63, 3.8) is 0 Å². The number of fused-ring (bicyclic) bond motifs is 1. The molecule has 1 aliphatic carbocycles. The molecule has 2 heterocycles. The highest BCUT2D eigenvalue weighted by Crippen LogP contribution is 2.41. The van der Waals surface area contributed by atoms with Crippen molar-refractivity contribution in [2.24, 2.45) is 5.92 Å². The number of para-hydroxylation sites is 1. The zero-order valence-corrected chi connectivity index (χ0v) is 18.4. The Morgan fingerprint density at radius 1 is 1.23 bits per heavy atom. The third-order valence-electron chi connectivity index (χ3n) is 7.09. The topological polar surface area (TPSA) is 57.4 Å². The molecule has 5 nitrogen and oxygen atoms in total. The van der Waals surface area contributed by atoms with Gasteiger partial charge in [0.15, 0.2) is 0 Å². The van der Waals surface area contributed by atoms with Gasteiger partial charge < -0.3 is 15.0 Å². The van der Waals surface area contributed by atoms with Crippen LogP contribution in [0.25, 0.3) is 10.9 Å². The van der Waals surface area contributed by atoms with Crippen molar-refractivity contribution in [3.8, 4) is 0 Å². The van der Waals surface area contributed by atoms with Crippen LogP contribution in [0.15, 0.2) is 24.4 Å². The van der Waals surface area contributed by atoms with Crippen molar-refractivity contribution >= 4 is 16.8 Å². The molecule has 1 aliphatic heterocycles. The summed E-state index contributed by atoms with van der Waals surface area (Å²) in [7, 11) is 0. The van der Waals surface area contributed by atoms with Gasteiger partial charge in [-0.05, 0) is 42.2 Å². The van der Waals surface area contributed by atoms with Crippen LogP contribution in [0, 0.1) is 5.92 Å². The number of hydrogen-bond donors (Lipinski definition) is 2. The monoisotopic (exact) mass is 411 g/mol. The molecule has 2 fully saturated rings. The summed E-state index contributed by atoms with van der Waals surface area (Å²) >= 11 is 0. The number of benzene rings is 1. The molecule has 2 aromatic rings. The van der Waals surface area contributed by atoms with Gasteiger partial charge in [-0.25, -0.2) is 0 Å². The van der Waals surface area contributed by atoms with Crippen molar-refractivity contribution in [2.45, 2.75) is 57.8 Å². The molecule has 1 saturated carbocycles. The van der Waals surface area contributed by atoms with Crippen molar-refractivity contribution in [2.75, 3.05) is 39.4 Å². The molecular weight excluding hydrogens is 374 g/mol. The quantitative estimate of drug-likeness (QED) is 0.683. The Hall–Kier alpha value is -1.85. The lowest BCUT2D eigenvalue weighted by molar-refractivity contribution is -0.121. The smallest absolute Gasteiger partial charge is 0.220 e. The number of ether oxygens (including phenoxy) is 1. The second-order valence-corrected chi connectivity index (χ2v) is 8.95. The van der Waals surface area contributed by atoms with Gasteiger partial charge in [0.25, 0.3) is 0 Å². The van der Waals surface area contributed by atoms with E-state index in [-0.39, 0.29) is 5.91 Å². The normalized spacial score (nSPS) is 19.8. The van der Waals surface area contributed by atoms with Gasteiger partial charge in [0.1, 0.15) is 0 Å². The van der Waals surface area contributed by atoms with Crippen LogP contribution in [0.1, 0.15) is 62.5 Å². The van der Waals surface area contributed by atoms with E-state index in [9.17, 15) is 4.79 Å². The van der Waals surface area contributed by atoms with E-state index in [1.165, 1.54) is 54.1 Å². The number of carbonyl (C=O) groups is 1. The van der Waals surface area contributed by atoms with E-state index < -0.39 is 0 Å². The molecule has 164 valence electrons. The number of nitrogens with zero attached hydrogens (tertiary/aromatic N) is 1. The Bertz CT molecular complexity index is 819. The first kappa shape index (κ1) is 21.4. The molecule has 2 aliphatic rings. The van der Waals surface area contributed by atoms with Crippen LogP contribution in [0.4, 0.5) is 0 Å². The summed E-state index contributed by atoms with van der Waals surface area (Å²) < 4.78 is 5.41. The maximum atomic E-state index is 12.9. The highest BCUT2D eigenvalue weighted by Gasteiger charge is 2.29. The summed E-state index contributed by atoms with van der Waals surface area (Å²) in [5.74, 6) is 1.10. The first-order valence-corrected chi connectivity index (χ1v) is 11.9. The highest BCUT2D eigenvalue weighted by atomic mass is 16.5. The fourth-order valence-electron chi connectivity index (χ4n) is 5.36. The minimum atomic E-state index is 0.194. The number of aromatic amines is 1. The van der Waals surface area contributed by atoms with Crippen LogP contribution >= 0.6 is 0 Å². The fourth-order valence-corrected chi connectivity index (χ4v) is 5.36. The SMILES string of the molecule is CCc1cccc2c(C(CC(=O)NCCN3CCOCC3)C3CCCCC3)c[nH]c12. The van der Waals surface area contributed by atoms with E-state index in [1.54, 1.807) is 0 Å². The lowest BCUT2D eigenvalue weighted by Crippen LogP contribution is -2.41.